The molecule has 1 saturated heterocycles. The lowest BCUT2D eigenvalue weighted by Gasteiger charge is -2.41. The number of hydrogen-bond acceptors (Lipinski definition) is 11. The number of esters is 1. The summed E-state index contributed by atoms with van der Waals surface area (Å²) >= 11 is 0. The van der Waals surface area contributed by atoms with E-state index in [1.54, 1.807) is 39.2 Å². The number of benzene rings is 4. The highest BCUT2D eigenvalue weighted by molar-refractivity contribution is 5.94. The normalized spacial score (nSPS) is 14.7. The van der Waals surface area contributed by atoms with Gasteiger partial charge in [-0.25, -0.2) is 9.78 Å². The molecule has 67 heavy (non-hydrogen) atoms. The van der Waals surface area contributed by atoms with Gasteiger partial charge in [0.25, 0.3) is 0 Å². The Morgan fingerprint density at radius 3 is 1.87 bits per heavy atom. The molecule has 1 fully saturated rings. The van der Waals surface area contributed by atoms with Crippen molar-refractivity contribution in [2.45, 2.75) is 63.3 Å². The van der Waals surface area contributed by atoms with Crippen LogP contribution in [-0.4, -0.2) is 139 Å². The van der Waals surface area contributed by atoms with Crippen molar-refractivity contribution < 1.29 is 47.7 Å². The van der Waals surface area contributed by atoms with Crippen LogP contribution in [0.5, 0.6) is 0 Å². The molecule has 0 unspecified atom stereocenters. The van der Waals surface area contributed by atoms with Crippen LogP contribution in [0.15, 0.2) is 134 Å². The lowest BCUT2D eigenvalue weighted by Crippen LogP contribution is -2.62. The molecule has 1 aromatic heterocycles. The molecular weight excluding hydrogens is 857 g/mol. The molecule has 6 rings (SSSR count). The zero-order chi connectivity index (χ0) is 48.0. The number of amides is 4. The Balaban J connectivity index is 1.33. The summed E-state index contributed by atoms with van der Waals surface area (Å²) in [5.41, 5.74) is 2.53. The van der Waals surface area contributed by atoms with E-state index in [1.807, 2.05) is 83.6 Å². The summed E-state index contributed by atoms with van der Waals surface area (Å²) in [4.78, 5) is 78.5. The van der Waals surface area contributed by atoms with Crippen molar-refractivity contribution in [2.24, 2.45) is 0 Å². The first kappa shape index (κ1) is 49.6. The molecule has 1 aliphatic heterocycles. The quantitative estimate of drug-likeness (QED) is 0.0631. The fourth-order valence-electron chi connectivity index (χ4n) is 8.09. The van der Waals surface area contributed by atoms with Crippen molar-refractivity contribution in [1.82, 2.24) is 29.6 Å². The second-order valence-corrected chi connectivity index (χ2v) is 17.0. The summed E-state index contributed by atoms with van der Waals surface area (Å²) in [6.45, 7) is 4.07. The molecule has 16 nitrogen and oxygen atoms in total. The Bertz CT molecular complexity index is 2290. The highest BCUT2D eigenvalue weighted by atomic mass is 16.7. The molecule has 0 radical (unpaired) electrons. The van der Waals surface area contributed by atoms with E-state index in [1.165, 1.54) is 36.0 Å². The van der Waals surface area contributed by atoms with Crippen molar-refractivity contribution in [3.8, 4) is 0 Å². The van der Waals surface area contributed by atoms with Gasteiger partial charge < -0.3 is 48.3 Å². The van der Waals surface area contributed by atoms with Crippen LogP contribution in [0.4, 0.5) is 4.79 Å². The third-order valence-corrected chi connectivity index (χ3v) is 11.5. The van der Waals surface area contributed by atoms with Gasteiger partial charge in [0.1, 0.15) is 37.3 Å². The predicted octanol–water partition coefficient (Wildman–Crippen LogP) is 5.04. The van der Waals surface area contributed by atoms with Crippen LogP contribution in [0.3, 0.4) is 0 Å². The Morgan fingerprint density at radius 2 is 1.34 bits per heavy atom. The van der Waals surface area contributed by atoms with Gasteiger partial charge in [0.15, 0.2) is 6.29 Å². The zero-order valence-corrected chi connectivity index (χ0v) is 38.9. The second-order valence-electron chi connectivity index (χ2n) is 17.0. The summed E-state index contributed by atoms with van der Waals surface area (Å²) in [6.07, 6.45) is 1.73. The van der Waals surface area contributed by atoms with Crippen LogP contribution in [0.2, 0.25) is 0 Å². The summed E-state index contributed by atoms with van der Waals surface area (Å²) in [5.74, 6) is -2.37. The molecule has 2 heterocycles. The molecule has 4 amide bonds. The van der Waals surface area contributed by atoms with Crippen molar-refractivity contribution in [1.29, 1.82) is 0 Å². The van der Waals surface area contributed by atoms with Crippen molar-refractivity contribution in [3.63, 3.8) is 0 Å². The van der Waals surface area contributed by atoms with Gasteiger partial charge in [-0.15, -0.1) is 0 Å². The molecule has 354 valence electrons. The van der Waals surface area contributed by atoms with Crippen molar-refractivity contribution in [2.75, 3.05) is 60.7 Å². The van der Waals surface area contributed by atoms with Crippen molar-refractivity contribution >= 4 is 29.8 Å². The van der Waals surface area contributed by atoms with E-state index in [2.05, 4.69) is 41.7 Å². The van der Waals surface area contributed by atoms with E-state index >= 15 is 0 Å². The third kappa shape index (κ3) is 12.5. The zero-order valence-electron chi connectivity index (χ0n) is 38.9. The van der Waals surface area contributed by atoms with Gasteiger partial charge in [-0.1, -0.05) is 121 Å². The first-order valence-corrected chi connectivity index (χ1v) is 22.1. The van der Waals surface area contributed by atoms with Gasteiger partial charge in [-0.05, 0) is 43.0 Å². The molecule has 4 aromatic carbocycles. The molecule has 16 heteroatoms. The lowest BCUT2D eigenvalue weighted by molar-refractivity contribution is -0.160. The number of aromatic nitrogens is 2. The van der Waals surface area contributed by atoms with Gasteiger partial charge in [0.2, 0.25) is 17.7 Å². The summed E-state index contributed by atoms with van der Waals surface area (Å²) < 4.78 is 29.3. The Hall–Kier alpha value is -6.88. The standard InChI is InChI=1S/C51H60N6O10/c1-50(2,3)67-35-42(53-49(62)66-34-37-19-11-7-12-20-37)47(60)55(33-46(64-5)65-6)31-44(58)57-28-27-54(32-45(59)63-4)48(61)43(57)29-41-30-56(36-52-41)51(38-21-13-8-14-22-38,39-23-15-9-16-24-39)40-25-17-10-18-26-40/h7-26,30,36,42-43,46H,27-29,31-35H2,1-6H3,(H,53,62)/t42-,43-/m0/s1. The SMILES string of the molecule is COC(=O)CN1CCN(C(=O)CN(CC(OC)OC)C(=O)[C@H](COC(C)(C)C)NC(=O)OCc2ccccc2)[C@@H](Cc2cn(C(c3ccccc3)(c3ccccc3)c3ccccc3)cn2)C1=O. The number of alkyl carbamates (subject to hydrolysis) is 1. The second kappa shape index (κ2) is 23.0. The number of ether oxygens (including phenoxy) is 5. The summed E-state index contributed by atoms with van der Waals surface area (Å²) in [7, 11) is 4.04. The average Bonchev–Trinajstić information content (AvgIpc) is 3.81. The number of nitrogens with one attached hydrogen (secondary N) is 1. The maximum atomic E-state index is 14.8. The molecule has 0 spiro atoms. The van der Waals surface area contributed by atoms with Gasteiger partial charge in [-0.3, -0.25) is 19.2 Å². The smallest absolute Gasteiger partial charge is 0.408 e. The van der Waals surface area contributed by atoms with Crippen LogP contribution in [0.25, 0.3) is 0 Å². The van der Waals surface area contributed by atoms with Crippen molar-refractivity contribution in [3.05, 3.63) is 162 Å². The predicted molar refractivity (Wildman–Crippen MR) is 248 cm³/mol. The molecule has 1 N–H and O–H groups in total. The summed E-state index contributed by atoms with van der Waals surface area (Å²) in [6, 6.07) is 36.8. The molecule has 5 aromatic rings. The van der Waals surface area contributed by atoms with E-state index in [9.17, 15) is 24.0 Å². The minimum Gasteiger partial charge on any atom is -0.468 e. The number of nitrogens with zero attached hydrogens (tertiary/aromatic N) is 5. The fraction of sp³-hybridized carbons (Fsp3) is 0.373. The number of carbonyl (C=O) groups is 5. The number of imidazole rings is 1. The molecule has 0 saturated carbocycles. The van der Waals surface area contributed by atoms with Crippen LogP contribution < -0.4 is 5.32 Å². The van der Waals surface area contributed by atoms with Crippen LogP contribution in [0.1, 0.15) is 48.7 Å². The Labute approximate surface area is 391 Å². The monoisotopic (exact) mass is 916 g/mol. The van der Waals surface area contributed by atoms with Gasteiger partial charge in [0.05, 0.1) is 37.9 Å². The van der Waals surface area contributed by atoms with Gasteiger partial charge in [0, 0.05) is 39.9 Å². The highest BCUT2D eigenvalue weighted by Gasteiger charge is 2.42. The van der Waals surface area contributed by atoms with E-state index in [-0.39, 0.29) is 45.8 Å². The van der Waals surface area contributed by atoms with E-state index in [4.69, 9.17) is 28.7 Å². The molecule has 1 aliphatic rings. The highest BCUT2D eigenvalue weighted by Crippen LogP contribution is 2.41. The molecule has 2 atom stereocenters. The number of methoxy groups -OCH3 is 3. The molecular formula is C51H60N6O10. The topological polar surface area (TPSA) is 171 Å². The molecule has 0 aliphatic carbocycles. The van der Waals surface area contributed by atoms with Gasteiger partial charge in [-0.2, -0.15) is 0 Å². The number of piperazine rings is 1. The third-order valence-electron chi connectivity index (χ3n) is 11.5. The Kier molecular flexibility index (Phi) is 17.0. The van der Waals surface area contributed by atoms with E-state index in [0.29, 0.717) is 5.69 Å². The van der Waals surface area contributed by atoms with Gasteiger partial charge >= 0.3 is 12.1 Å². The minimum atomic E-state index is -1.30. The van der Waals surface area contributed by atoms with Crippen LogP contribution in [0, 0.1) is 0 Å². The fourth-order valence-corrected chi connectivity index (χ4v) is 8.09. The molecule has 0 bridgehead atoms. The van der Waals surface area contributed by atoms with E-state index in [0.717, 1.165) is 22.3 Å². The van der Waals surface area contributed by atoms with Crippen LogP contribution >= 0.6 is 0 Å². The number of carbonyl (C=O) groups excluding carboxylic acids is 5. The number of hydrogen-bond donors (Lipinski definition) is 1. The summed E-state index contributed by atoms with van der Waals surface area (Å²) in [5, 5.41) is 2.63. The maximum Gasteiger partial charge on any atom is 0.408 e. The van der Waals surface area contributed by atoms with Crippen LogP contribution in [-0.2, 0) is 61.4 Å². The first-order valence-electron chi connectivity index (χ1n) is 22.1. The van der Waals surface area contributed by atoms with E-state index < -0.39 is 65.8 Å². The Morgan fingerprint density at radius 1 is 0.791 bits per heavy atom. The maximum absolute atomic E-state index is 14.8. The average molecular weight is 917 g/mol. The largest absolute Gasteiger partial charge is 0.468 e. The first-order chi connectivity index (χ1) is 32.3. The lowest BCUT2D eigenvalue weighted by atomic mass is 9.77. The minimum absolute atomic E-state index is 0.0211. The number of rotatable bonds is 20.